The highest BCUT2D eigenvalue weighted by atomic mass is 35.5. The summed E-state index contributed by atoms with van der Waals surface area (Å²) in [5.74, 6) is 0.679. The summed E-state index contributed by atoms with van der Waals surface area (Å²) in [7, 11) is 0. The van der Waals surface area contributed by atoms with Crippen LogP contribution in [0.25, 0.3) is 0 Å². The van der Waals surface area contributed by atoms with Crippen LogP contribution < -0.4 is 10.1 Å². The molecule has 1 saturated heterocycles. The largest absolute Gasteiger partial charge is 0.492 e. The normalized spacial score (nSPS) is 18.2. The Kier molecular flexibility index (Phi) is 5.92. The minimum atomic E-state index is -0.347. The first kappa shape index (κ1) is 14.6. The molecule has 1 aliphatic heterocycles. The number of hydrogen-bond acceptors (Lipinski definition) is 4. The van der Waals surface area contributed by atoms with Crippen molar-refractivity contribution in [3.8, 4) is 5.75 Å². The van der Waals surface area contributed by atoms with Gasteiger partial charge in [-0.2, -0.15) is 0 Å². The number of halogens is 1. The number of nitrogens with zero attached hydrogens (tertiary/aromatic N) is 1. The molecule has 1 aromatic rings. The molecule has 1 fully saturated rings. The molecule has 106 valence electrons. The van der Waals surface area contributed by atoms with E-state index in [4.69, 9.17) is 16.3 Å². The molecule has 19 heavy (non-hydrogen) atoms. The van der Waals surface area contributed by atoms with Gasteiger partial charge in [-0.15, -0.1) is 0 Å². The molecule has 4 nitrogen and oxygen atoms in total. The number of hydrogen-bond donors (Lipinski definition) is 2. The van der Waals surface area contributed by atoms with Gasteiger partial charge in [0.2, 0.25) is 0 Å². The van der Waals surface area contributed by atoms with Crippen LogP contribution in [0.4, 0.5) is 0 Å². The van der Waals surface area contributed by atoms with Gasteiger partial charge < -0.3 is 15.2 Å². The number of piperazine rings is 1. The van der Waals surface area contributed by atoms with Crippen LogP contribution in [0, 0.1) is 0 Å². The van der Waals surface area contributed by atoms with Crippen LogP contribution in [-0.4, -0.2) is 55.4 Å². The molecule has 1 unspecified atom stereocenters. The Balaban J connectivity index is 1.66. The predicted molar refractivity (Wildman–Crippen MR) is 76.9 cm³/mol. The number of benzene rings is 1. The molecule has 0 radical (unpaired) electrons. The molecular weight excluding hydrogens is 264 g/mol. The fourth-order valence-corrected chi connectivity index (χ4v) is 2.34. The highest BCUT2D eigenvalue weighted by Gasteiger charge is 2.14. The Morgan fingerprint density at radius 3 is 2.79 bits per heavy atom. The highest BCUT2D eigenvalue weighted by molar-refractivity contribution is 6.32. The molecule has 1 aromatic carbocycles. The van der Waals surface area contributed by atoms with Gasteiger partial charge in [0, 0.05) is 39.1 Å². The molecule has 1 atom stereocenters. The SMILES string of the molecule is OC(CCOc1ccccc1Cl)CN1CCNCC1. The Bertz CT molecular complexity index is 383. The summed E-state index contributed by atoms with van der Waals surface area (Å²) in [5.41, 5.74) is 0. The Morgan fingerprint density at radius 2 is 2.05 bits per heavy atom. The van der Waals surface area contributed by atoms with Gasteiger partial charge in [-0.1, -0.05) is 23.7 Å². The number of aliphatic hydroxyl groups is 1. The second-order valence-electron chi connectivity index (χ2n) is 4.77. The molecule has 0 aliphatic carbocycles. The van der Waals surface area contributed by atoms with Crippen LogP contribution in [0.2, 0.25) is 5.02 Å². The summed E-state index contributed by atoms with van der Waals surface area (Å²) in [6.45, 7) is 5.21. The molecule has 2 rings (SSSR count). The molecule has 0 bridgehead atoms. The molecular formula is C14H21ClN2O2. The van der Waals surface area contributed by atoms with E-state index >= 15 is 0 Å². The summed E-state index contributed by atoms with van der Waals surface area (Å²) in [6.07, 6.45) is 0.274. The second kappa shape index (κ2) is 7.70. The number of para-hydroxylation sites is 1. The van der Waals surface area contributed by atoms with Gasteiger partial charge in [-0.25, -0.2) is 0 Å². The first-order valence-corrected chi connectivity index (χ1v) is 7.12. The van der Waals surface area contributed by atoms with E-state index < -0.39 is 0 Å². The van der Waals surface area contributed by atoms with Crippen molar-refractivity contribution in [3.63, 3.8) is 0 Å². The van der Waals surface area contributed by atoms with Gasteiger partial charge in [0.25, 0.3) is 0 Å². The third-order valence-electron chi connectivity index (χ3n) is 3.22. The third-order valence-corrected chi connectivity index (χ3v) is 3.54. The van der Waals surface area contributed by atoms with Gasteiger partial charge in [-0.05, 0) is 12.1 Å². The van der Waals surface area contributed by atoms with E-state index in [9.17, 15) is 5.11 Å². The minimum absolute atomic E-state index is 0.347. The standard InChI is InChI=1S/C14H21ClN2O2/c15-13-3-1-2-4-14(13)19-10-5-12(18)11-17-8-6-16-7-9-17/h1-4,12,16,18H,5-11H2. The molecule has 1 aliphatic rings. The molecule has 0 amide bonds. The van der Waals surface area contributed by atoms with Crippen LogP contribution in [0.1, 0.15) is 6.42 Å². The topological polar surface area (TPSA) is 44.7 Å². The fourth-order valence-electron chi connectivity index (χ4n) is 2.15. The van der Waals surface area contributed by atoms with E-state index in [0.717, 1.165) is 26.2 Å². The maximum Gasteiger partial charge on any atom is 0.137 e. The maximum absolute atomic E-state index is 9.97. The molecule has 5 heteroatoms. The minimum Gasteiger partial charge on any atom is -0.492 e. The van der Waals surface area contributed by atoms with Gasteiger partial charge in [0.05, 0.1) is 17.7 Å². The van der Waals surface area contributed by atoms with E-state index in [2.05, 4.69) is 10.2 Å². The summed E-state index contributed by atoms with van der Waals surface area (Å²) in [6, 6.07) is 7.39. The lowest BCUT2D eigenvalue weighted by Crippen LogP contribution is -2.46. The number of nitrogens with one attached hydrogen (secondary N) is 1. The average molecular weight is 285 g/mol. The molecule has 0 spiro atoms. The molecule has 0 saturated carbocycles. The van der Waals surface area contributed by atoms with Gasteiger partial charge in [0.15, 0.2) is 0 Å². The number of β-amino-alcohol motifs (C(OH)–C–C–N with tert-alkyl or cyclic N) is 1. The summed E-state index contributed by atoms with van der Waals surface area (Å²) in [5, 5.41) is 13.9. The Labute approximate surface area is 119 Å². The zero-order valence-corrected chi connectivity index (χ0v) is 11.8. The lowest BCUT2D eigenvalue weighted by atomic mass is 10.2. The van der Waals surface area contributed by atoms with Crippen LogP contribution in [0.3, 0.4) is 0 Å². The smallest absolute Gasteiger partial charge is 0.137 e. The number of rotatable bonds is 6. The van der Waals surface area contributed by atoms with Crippen molar-refractivity contribution >= 4 is 11.6 Å². The molecule has 1 heterocycles. The zero-order valence-electron chi connectivity index (χ0n) is 11.0. The van der Waals surface area contributed by atoms with E-state index in [1.54, 1.807) is 6.07 Å². The van der Waals surface area contributed by atoms with Crippen molar-refractivity contribution in [2.24, 2.45) is 0 Å². The third kappa shape index (κ3) is 4.99. The van der Waals surface area contributed by atoms with Crippen LogP contribution >= 0.6 is 11.6 Å². The first-order chi connectivity index (χ1) is 9.25. The van der Waals surface area contributed by atoms with Crippen LogP contribution in [0.5, 0.6) is 5.75 Å². The average Bonchev–Trinajstić information content (AvgIpc) is 2.42. The molecule has 0 aromatic heterocycles. The zero-order chi connectivity index (χ0) is 13.5. The van der Waals surface area contributed by atoms with Gasteiger partial charge >= 0.3 is 0 Å². The Morgan fingerprint density at radius 1 is 1.32 bits per heavy atom. The van der Waals surface area contributed by atoms with Crippen molar-refractivity contribution < 1.29 is 9.84 Å². The van der Waals surface area contributed by atoms with E-state index in [-0.39, 0.29) is 6.10 Å². The molecule has 2 N–H and O–H groups in total. The fraction of sp³-hybridized carbons (Fsp3) is 0.571. The number of ether oxygens (including phenoxy) is 1. The highest BCUT2D eigenvalue weighted by Crippen LogP contribution is 2.23. The summed E-state index contributed by atoms with van der Waals surface area (Å²) >= 11 is 5.99. The van der Waals surface area contributed by atoms with Gasteiger partial charge in [-0.3, -0.25) is 4.90 Å². The maximum atomic E-state index is 9.97. The van der Waals surface area contributed by atoms with E-state index in [0.29, 0.717) is 30.3 Å². The summed E-state index contributed by atoms with van der Waals surface area (Å²) < 4.78 is 5.57. The van der Waals surface area contributed by atoms with Crippen LogP contribution in [-0.2, 0) is 0 Å². The lowest BCUT2D eigenvalue weighted by molar-refractivity contribution is 0.0857. The first-order valence-electron chi connectivity index (χ1n) is 6.74. The van der Waals surface area contributed by atoms with E-state index in [1.807, 2.05) is 18.2 Å². The van der Waals surface area contributed by atoms with Crippen LogP contribution in [0.15, 0.2) is 24.3 Å². The second-order valence-corrected chi connectivity index (χ2v) is 5.18. The van der Waals surface area contributed by atoms with Crippen molar-refractivity contribution in [3.05, 3.63) is 29.3 Å². The van der Waals surface area contributed by atoms with Crippen molar-refractivity contribution in [1.29, 1.82) is 0 Å². The van der Waals surface area contributed by atoms with Crippen molar-refractivity contribution in [1.82, 2.24) is 10.2 Å². The van der Waals surface area contributed by atoms with Crippen molar-refractivity contribution in [2.75, 3.05) is 39.3 Å². The predicted octanol–water partition coefficient (Wildman–Crippen LogP) is 1.37. The summed E-state index contributed by atoms with van der Waals surface area (Å²) in [4.78, 5) is 2.27. The quantitative estimate of drug-likeness (QED) is 0.828. The number of aliphatic hydroxyl groups excluding tert-OH is 1. The Hall–Kier alpha value is -0.810. The lowest BCUT2D eigenvalue weighted by Gasteiger charge is -2.29. The van der Waals surface area contributed by atoms with Crippen molar-refractivity contribution in [2.45, 2.75) is 12.5 Å². The van der Waals surface area contributed by atoms with E-state index in [1.165, 1.54) is 0 Å². The monoisotopic (exact) mass is 284 g/mol. The van der Waals surface area contributed by atoms with Gasteiger partial charge in [0.1, 0.15) is 5.75 Å².